The van der Waals surface area contributed by atoms with E-state index in [4.69, 9.17) is 0 Å². The van der Waals surface area contributed by atoms with Crippen molar-refractivity contribution in [2.75, 3.05) is 11.5 Å². The molecule has 1 rings (SSSR count). The summed E-state index contributed by atoms with van der Waals surface area (Å²) in [5, 5.41) is 9.42. The third kappa shape index (κ3) is 2.20. The standard InChI is InChI=1S/C8H14O2S/c1-2-7(9)6-5-11-4-3-8(6)10/h6-7,9H,2-5H2,1H3/t6-,7-/m0/s1. The Kier molecular flexibility index (Phi) is 3.40. The first-order valence-electron chi connectivity index (χ1n) is 4.04. The Morgan fingerprint density at radius 3 is 3.09 bits per heavy atom. The van der Waals surface area contributed by atoms with Gasteiger partial charge in [-0.15, -0.1) is 0 Å². The van der Waals surface area contributed by atoms with Crippen molar-refractivity contribution < 1.29 is 9.90 Å². The Bertz CT molecular complexity index is 147. The van der Waals surface area contributed by atoms with E-state index >= 15 is 0 Å². The summed E-state index contributed by atoms with van der Waals surface area (Å²) in [5.41, 5.74) is 0. The van der Waals surface area contributed by atoms with Crippen LogP contribution in [0.3, 0.4) is 0 Å². The van der Waals surface area contributed by atoms with Crippen LogP contribution in [0.15, 0.2) is 0 Å². The molecule has 0 spiro atoms. The molecule has 1 N–H and O–H groups in total. The van der Waals surface area contributed by atoms with Gasteiger partial charge in [0.15, 0.2) is 0 Å². The van der Waals surface area contributed by atoms with Crippen molar-refractivity contribution in [1.82, 2.24) is 0 Å². The first-order valence-corrected chi connectivity index (χ1v) is 5.19. The van der Waals surface area contributed by atoms with Crippen LogP contribution in [0.5, 0.6) is 0 Å². The van der Waals surface area contributed by atoms with Crippen molar-refractivity contribution in [2.24, 2.45) is 5.92 Å². The topological polar surface area (TPSA) is 37.3 Å². The van der Waals surface area contributed by atoms with Crippen LogP contribution in [0.4, 0.5) is 0 Å². The van der Waals surface area contributed by atoms with Gasteiger partial charge >= 0.3 is 0 Å². The monoisotopic (exact) mass is 174 g/mol. The molecule has 1 aliphatic heterocycles. The Morgan fingerprint density at radius 1 is 1.82 bits per heavy atom. The lowest BCUT2D eigenvalue weighted by Crippen LogP contribution is -2.33. The minimum atomic E-state index is -0.407. The first-order chi connectivity index (χ1) is 5.25. The number of ketones is 1. The zero-order chi connectivity index (χ0) is 8.27. The fraction of sp³-hybridized carbons (Fsp3) is 0.875. The van der Waals surface area contributed by atoms with Gasteiger partial charge in [0, 0.05) is 17.9 Å². The normalized spacial score (nSPS) is 28.5. The maximum Gasteiger partial charge on any atom is 0.140 e. The number of hydrogen-bond donors (Lipinski definition) is 1. The van der Waals surface area contributed by atoms with E-state index in [2.05, 4.69) is 0 Å². The molecule has 0 aromatic heterocycles. The number of Topliss-reactive ketones (excluding diaryl/α,β-unsaturated/α-hetero) is 1. The summed E-state index contributed by atoms with van der Waals surface area (Å²) in [6, 6.07) is 0. The molecule has 64 valence electrons. The van der Waals surface area contributed by atoms with Gasteiger partial charge in [0.2, 0.25) is 0 Å². The molecule has 2 atom stereocenters. The van der Waals surface area contributed by atoms with Crippen molar-refractivity contribution >= 4 is 17.5 Å². The maximum atomic E-state index is 11.2. The molecule has 0 saturated carbocycles. The lowest BCUT2D eigenvalue weighted by atomic mass is 9.96. The van der Waals surface area contributed by atoms with Crippen molar-refractivity contribution in [2.45, 2.75) is 25.9 Å². The van der Waals surface area contributed by atoms with Gasteiger partial charge in [-0.25, -0.2) is 0 Å². The molecule has 1 fully saturated rings. The Balaban J connectivity index is 2.47. The Morgan fingerprint density at radius 2 is 2.55 bits per heavy atom. The molecule has 0 unspecified atom stereocenters. The number of rotatable bonds is 2. The predicted molar refractivity (Wildman–Crippen MR) is 46.7 cm³/mol. The third-order valence-electron chi connectivity index (χ3n) is 2.09. The van der Waals surface area contributed by atoms with E-state index in [1.54, 1.807) is 11.8 Å². The minimum Gasteiger partial charge on any atom is -0.392 e. The van der Waals surface area contributed by atoms with E-state index in [0.29, 0.717) is 12.8 Å². The second-order valence-corrected chi connectivity index (χ2v) is 4.02. The van der Waals surface area contributed by atoms with Gasteiger partial charge in [-0.05, 0) is 6.42 Å². The number of aliphatic hydroxyl groups excluding tert-OH is 1. The summed E-state index contributed by atoms with van der Waals surface area (Å²) >= 11 is 1.77. The summed E-state index contributed by atoms with van der Waals surface area (Å²) in [4.78, 5) is 11.2. The number of aliphatic hydroxyl groups is 1. The second kappa shape index (κ2) is 4.12. The van der Waals surface area contributed by atoms with Gasteiger partial charge in [0.1, 0.15) is 5.78 Å². The van der Waals surface area contributed by atoms with Crippen LogP contribution >= 0.6 is 11.8 Å². The summed E-state index contributed by atoms with van der Waals surface area (Å²) in [5.74, 6) is 1.91. The lowest BCUT2D eigenvalue weighted by Gasteiger charge is -2.23. The van der Waals surface area contributed by atoms with Gasteiger partial charge in [0.25, 0.3) is 0 Å². The molecular weight excluding hydrogens is 160 g/mol. The highest BCUT2D eigenvalue weighted by Gasteiger charge is 2.27. The molecule has 0 amide bonds. The van der Waals surface area contributed by atoms with Crippen LogP contribution in [-0.4, -0.2) is 28.5 Å². The number of thioether (sulfide) groups is 1. The van der Waals surface area contributed by atoms with Crippen LogP contribution in [0.25, 0.3) is 0 Å². The van der Waals surface area contributed by atoms with Crippen LogP contribution < -0.4 is 0 Å². The smallest absolute Gasteiger partial charge is 0.140 e. The van der Waals surface area contributed by atoms with Gasteiger partial charge < -0.3 is 5.11 Å². The maximum absolute atomic E-state index is 11.2. The lowest BCUT2D eigenvalue weighted by molar-refractivity contribution is -0.125. The SMILES string of the molecule is CC[C@H](O)[C@@H]1CSCCC1=O. The molecule has 0 aromatic carbocycles. The van der Waals surface area contributed by atoms with Gasteiger partial charge in [-0.2, -0.15) is 11.8 Å². The summed E-state index contributed by atoms with van der Waals surface area (Å²) in [6.45, 7) is 1.91. The fourth-order valence-corrected chi connectivity index (χ4v) is 2.45. The zero-order valence-corrected chi connectivity index (χ0v) is 7.56. The summed E-state index contributed by atoms with van der Waals surface area (Å²) in [7, 11) is 0. The van der Waals surface area contributed by atoms with Crippen LogP contribution in [0, 0.1) is 5.92 Å². The summed E-state index contributed by atoms with van der Waals surface area (Å²) in [6.07, 6.45) is 0.930. The van der Waals surface area contributed by atoms with Crippen LogP contribution in [0.1, 0.15) is 19.8 Å². The Hall–Kier alpha value is -0.0200. The Labute approximate surface area is 71.4 Å². The van der Waals surface area contributed by atoms with Crippen LogP contribution in [0.2, 0.25) is 0 Å². The number of carbonyl (C=O) groups is 1. The molecule has 1 heterocycles. The average molecular weight is 174 g/mol. The van der Waals surface area contributed by atoms with E-state index < -0.39 is 6.10 Å². The first kappa shape index (κ1) is 9.07. The molecule has 2 nitrogen and oxygen atoms in total. The average Bonchev–Trinajstić information content (AvgIpc) is 2.04. The molecule has 0 bridgehead atoms. The molecular formula is C8H14O2S. The predicted octanol–water partition coefficient (Wildman–Crippen LogP) is 1.08. The molecule has 0 aromatic rings. The molecule has 3 heteroatoms. The highest BCUT2D eigenvalue weighted by atomic mass is 32.2. The van der Waals surface area contributed by atoms with E-state index in [1.165, 1.54) is 0 Å². The van der Waals surface area contributed by atoms with E-state index in [-0.39, 0.29) is 11.7 Å². The van der Waals surface area contributed by atoms with Crippen molar-refractivity contribution in [3.05, 3.63) is 0 Å². The zero-order valence-electron chi connectivity index (χ0n) is 6.75. The van der Waals surface area contributed by atoms with Gasteiger partial charge in [-0.3, -0.25) is 4.79 Å². The highest BCUT2D eigenvalue weighted by molar-refractivity contribution is 7.99. The van der Waals surface area contributed by atoms with Gasteiger partial charge in [0.05, 0.1) is 12.0 Å². The fourth-order valence-electron chi connectivity index (χ4n) is 1.27. The quantitative estimate of drug-likeness (QED) is 0.680. The molecule has 1 saturated heterocycles. The van der Waals surface area contributed by atoms with E-state index in [1.807, 2.05) is 6.92 Å². The summed E-state index contributed by atoms with van der Waals surface area (Å²) < 4.78 is 0. The second-order valence-electron chi connectivity index (χ2n) is 2.87. The molecule has 11 heavy (non-hydrogen) atoms. The van der Waals surface area contributed by atoms with Crippen molar-refractivity contribution in [1.29, 1.82) is 0 Å². The molecule has 1 aliphatic rings. The largest absolute Gasteiger partial charge is 0.392 e. The third-order valence-corrected chi connectivity index (χ3v) is 3.17. The van der Waals surface area contributed by atoms with Crippen molar-refractivity contribution in [3.63, 3.8) is 0 Å². The molecule has 0 aliphatic carbocycles. The van der Waals surface area contributed by atoms with Crippen molar-refractivity contribution in [3.8, 4) is 0 Å². The van der Waals surface area contributed by atoms with Gasteiger partial charge in [-0.1, -0.05) is 6.92 Å². The molecule has 0 radical (unpaired) electrons. The van der Waals surface area contributed by atoms with E-state index in [0.717, 1.165) is 11.5 Å². The minimum absolute atomic E-state index is 0.0845. The van der Waals surface area contributed by atoms with Crippen LogP contribution in [-0.2, 0) is 4.79 Å². The highest BCUT2D eigenvalue weighted by Crippen LogP contribution is 2.23. The number of hydrogen-bond acceptors (Lipinski definition) is 3. The number of carbonyl (C=O) groups excluding carboxylic acids is 1. The van der Waals surface area contributed by atoms with E-state index in [9.17, 15) is 9.90 Å².